The molecule has 4 nitrogen and oxygen atoms in total. The third-order valence-electron chi connectivity index (χ3n) is 1.98. The molecule has 15 heavy (non-hydrogen) atoms. The number of rotatable bonds is 3. The van der Waals surface area contributed by atoms with E-state index in [9.17, 15) is 0 Å². The summed E-state index contributed by atoms with van der Waals surface area (Å²) in [7, 11) is 0. The van der Waals surface area contributed by atoms with Crippen LogP contribution < -0.4 is 10.5 Å². The number of hydrogen-bond acceptors (Lipinski definition) is 4. The number of benzene rings is 1. The maximum absolute atomic E-state index is 5.46. The Labute approximate surface area is 87.6 Å². The molecule has 78 valence electrons. The van der Waals surface area contributed by atoms with E-state index < -0.39 is 0 Å². The van der Waals surface area contributed by atoms with E-state index in [4.69, 9.17) is 15.0 Å². The number of aromatic nitrogens is 1. The summed E-state index contributed by atoms with van der Waals surface area (Å²) in [5, 5.41) is 3.62. The van der Waals surface area contributed by atoms with Gasteiger partial charge in [0.25, 0.3) is 0 Å². The highest BCUT2D eigenvalue weighted by molar-refractivity contribution is 5.60. The van der Waals surface area contributed by atoms with Crippen LogP contribution in [-0.2, 0) is 0 Å². The highest BCUT2D eigenvalue weighted by atomic mass is 16.5. The Hall–Kier alpha value is -1.97. The van der Waals surface area contributed by atoms with E-state index in [1.54, 1.807) is 6.07 Å². The molecule has 0 bridgehead atoms. The second-order valence-corrected chi connectivity index (χ2v) is 3.07. The molecular formula is C11H12N2O2. The molecule has 0 spiro atoms. The summed E-state index contributed by atoms with van der Waals surface area (Å²) in [6.45, 7) is 2.61. The Kier molecular flexibility index (Phi) is 2.58. The normalized spacial score (nSPS) is 10.2. The van der Waals surface area contributed by atoms with Gasteiger partial charge in [0.05, 0.1) is 6.61 Å². The Balaban J connectivity index is 2.23. The van der Waals surface area contributed by atoms with Gasteiger partial charge in [-0.2, -0.15) is 0 Å². The zero-order valence-corrected chi connectivity index (χ0v) is 8.43. The number of nitrogens with zero attached hydrogens (tertiary/aromatic N) is 1. The fourth-order valence-corrected chi connectivity index (χ4v) is 1.31. The molecule has 0 atom stereocenters. The minimum atomic E-state index is 0.388. The molecule has 2 aromatic rings. The maximum Gasteiger partial charge on any atom is 0.169 e. The van der Waals surface area contributed by atoms with Crippen molar-refractivity contribution in [3.8, 4) is 17.1 Å². The second kappa shape index (κ2) is 4.04. The average molecular weight is 204 g/mol. The number of nitrogens with two attached hydrogens (primary N) is 1. The SMILES string of the molecule is CCOc1ccc(-c2cc(N)no2)cc1. The van der Waals surface area contributed by atoms with Gasteiger partial charge in [-0.15, -0.1) is 0 Å². The first kappa shape index (κ1) is 9.58. The van der Waals surface area contributed by atoms with E-state index in [1.807, 2.05) is 31.2 Å². The molecule has 1 aromatic carbocycles. The quantitative estimate of drug-likeness (QED) is 0.833. The Morgan fingerprint density at radius 1 is 1.33 bits per heavy atom. The Morgan fingerprint density at radius 3 is 2.60 bits per heavy atom. The minimum Gasteiger partial charge on any atom is -0.494 e. The van der Waals surface area contributed by atoms with Crippen molar-refractivity contribution in [3.05, 3.63) is 30.3 Å². The van der Waals surface area contributed by atoms with Crippen LogP contribution in [0.5, 0.6) is 5.75 Å². The molecular weight excluding hydrogens is 192 g/mol. The fraction of sp³-hybridized carbons (Fsp3) is 0.182. The van der Waals surface area contributed by atoms with E-state index in [-0.39, 0.29) is 0 Å². The zero-order valence-electron chi connectivity index (χ0n) is 8.43. The molecule has 2 rings (SSSR count). The second-order valence-electron chi connectivity index (χ2n) is 3.07. The molecule has 0 amide bonds. The first-order chi connectivity index (χ1) is 7.29. The minimum absolute atomic E-state index is 0.388. The van der Waals surface area contributed by atoms with Gasteiger partial charge in [-0.1, -0.05) is 5.16 Å². The van der Waals surface area contributed by atoms with E-state index in [0.717, 1.165) is 11.3 Å². The van der Waals surface area contributed by atoms with Crippen LogP contribution in [0.15, 0.2) is 34.9 Å². The molecule has 0 aliphatic heterocycles. The van der Waals surface area contributed by atoms with E-state index >= 15 is 0 Å². The van der Waals surface area contributed by atoms with Gasteiger partial charge in [-0.25, -0.2) is 0 Å². The van der Waals surface area contributed by atoms with Gasteiger partial charge in [-0.3, -0.25) is 0 Å². The summed E-state index contributed by atoms with van der Waals surface area (Å²) < 4.78 is 10.4. The van der Waals surface area contributed by atoms with Crippen LogP contribution in [0.3, 0.4) is 0 Å². The molecule has 0 radical (unpaired) electrons. The first-order valence-electron chi connectivity index (χ1n) is 4.75. The van der Waals surface area contributed by atoms with Gasteiger partial charge in [-0.05, 0) is 31.2 Å². The summed E-state index contributed by atoms with van der Waals surface area (Å²) in [6.07, 6.45) is 0. The molecule has 4 heteroatoms. The molecule has 0 fully saturated rings. The van der Waals surface area contributed by atoms with Crippen molar-refractivity contribution < 1.29 is 9.26 Å². The number of anilines is 1. The predicted octanol–water partition coefficient (Wildman–Crippen LogP) is 2.32. The van der Waals surface area contributed by atoms with Crippen molar-refractivity contribution in [1.29, 1.82) is 0 Å². The third kappa shape index (κ3) is 2.10. The topological polar surface area (TPSA) is 61.3 Å². The standard InChI is InChI=1S/C11H12N2O2/c1-2-14-9-5-3-8(4-6-9)10-7-11(12)13-15-10/h3-7H,2H2,1H3,(H2,12,13). The molecule has 0 aliphatic carbocycles. The lowest BCUT2D eigenvalue weighted by atomic mass is 10.2. The predicted molar refractivity (Wildman–Crippen MR) is 57.5 cm³/mol. The highest BCUT2D eigenvalue weighted by Crippen LogP contribution is 2.23. The zero-order chi connectivity index (χ0) is 10.7. The van der Waals surface area contributed by atoms with Crippen LogP contribution in [0.25, 0.3) is 11.3 Å². The lowest BCUT2D eigenvalue weighted by Crippen LogP contribution is -1.90. The van der Waals surface area contributed by atoms with Gasteiger partial charge in [0.2, 0.25) is 0 Å². The molecule has 1 aromatic heterocycles. The van der Waals surface area contributed by atoms with Crippen molar-refractivity contribution in [2.24, 2.45) is 0 Å². The van der Waals surface area contributed by atoms with E-state index in [0.29, 0.717) is 18.2 Å². The van der Waals surface area contributed by atoms with Crippen LogP contribution in [0.4, 0.5) is 5.82 Å². The average Bonchev–Trinajstić information content (AvgIpc) is 2.67. The van der Waals surface area contributed by atoms with Crippen molar-refractivity contribution in [1.82, 2.24) is 5.16 Å². The molecule has 1 heterocycles. The van der Waals surface area contributed by atoms with Crippen molar-refractivity contribution in [3.63, 3.8) is 0 Å². The largest absolute Gasteiger partial charge is 0.494 e. The maximum atomic E-state index is 5.46. The van der Waals surface area contributed by atoms with Crippen LogP contribution >= 0.6 is 0 Å². The molecule has 0 saturated carbocycles. The number of hydrogen-bond donors (Lipinski definition) is 1. The van der Waals surface area contributed by atoms with E-state index in [2.05, 4.69) is 5.16 Å². The lowest BCUT2D eigenvalue weighted by Gasteiger charge is -2.02. The number of nitrogen functional groups attached to an aromatic ring is 1. The van der Waals surface area contributed by atoms with Crippen LogP contribution in [0.2, 0.25) is 0 Å². The lowest BCUT2D eigenvalue weighted by molar-refractivity contribution is 0.340. The van der Waals surface area contributed by atoms with E-state index in [1.165, 1.54) is 0 Å². The first-order valence-corrected chi connectivity index (χ1v) is 4.75. The fourth-order valence-electron chi connectivity index (χ4n) is 1.31. The summed E-state index contributed by atoms with van der Waals surface area (Å²) in [6, 6.07) is 9.28. The van der Waals surface area contributed by atoms with Gasteiger partial charge in [0, 0.05) is 11.6 Å². The monoisotopic (exact) mass is 204 g/mol. The summed E-state index contributed by atoms with van der Waals surface area (Å²) in [4.78, 5) is 0. The molecule has 2 N–H and O–H groups in total. The summed E-state index contributed by atoms with van der Waals surface area (Å²) >= 11 is 0. The van der Waals surface area contributed by atoms with Gasteiger partial charge >= 0.3 is 0 Å². The van der Waals surface area contributed by atoms with Crippen LogP contribution in [0, 0.1) is 0 Å². The summed E-state index contributed by atoms with van der Waals surface area (Å²) in [5.74, 6) is 1.89. The van der Waals surface area contributed by atoms with Crippen molar-refractivity contribution >= 4 is 5.82 Å². The van der Waals surface area contributed by atoms with Crippen LogP contribution in [0.1, 0.15) is 6.92 Å². The summed E-state index contributed by atoms with van der Waals surface area (Å²) in [5.41, 5.74) is 6.40. The smallest absolute Gasteiger partial charge is 0.169 e. The molecule has 0 unspecified atom stereocenters. The van der Waals surface area contributed by atoms with Crippen molar-refractivity contribution in [2.45, 2.75) is 6.92 Å². The molecule has 0 aliphatic rings. The number of ether oxygens (including phenoxy) is 1. The Bertz CT molecular complexity index is 434. The molecule has 0 saturated heterocycles. The highest BCUT2D eigenvalue weighted by Gasteiger charge is 2.04. The third-order valence-corrected chi connectivity index (χ3v) is 1.98. The Morgan fingerprint density at radius 2 is 2.07 bits per heavy atom. The van der Waals surface area contributed by atoms with Gasteiger partial charge in [0.1, 0.15) is 5.75 Å². The van der Waals surface area contributed by atoms with Crippen molar-refractivity contribution in [2.75, 3.05) is 12.3 Å². The van der Waals surface area contributed by atoms with Crippen LogP contribution in [-0.4, -0.2) is 11.8 Å². The van der Waals surface area contributed by atoms with Gasteiger partial charge < -0.3 is 15.0 Å². The van der Waals surface area contributed by atoms with Gasteiger partial charge in [0.15, 0.2) is 11.6 Å².